The molecule has 1 fully saturated rings. The Kier molecular flexibility index (Phi) is 12.6. The summed E-state index contributed by atoms with van der Waals surface area (Å²) in [6, 6.07) is 14.7. The molecule has 0 aliphatic carbocycles. The third-order valence-electron chi connectivity index (χ3n) is 5.73. The SMILES string of the molecule is C.Cc1cc(F)c(N)cc1SCC(F)(F)F.Cc1cc(F)c(N=C2CCCN2c2ccccc2)cc1SCC(F)(F)F. The molecule has 3 aromatic carbocycles. The number of hydrogen-bond donors (Lipinski definition) is 1. The minimum absolute atomic E-state index is 0. The molecule has 0 bridgehead atoms. The van der Waals surface area contributed by atoms with E-state index in [2.05, 4.69) is 4.99 Å². The molecule has 42 heavy (non-hydrogen) atoms. The molecule has 1 heterocycles. The zero-order chi connectivity index (χ0) is 30.4. The van der Waals surface area contributed by atoms with Gasteiger partial charge in [0, 0.05) is 28.4 Å². The standard InChI is InChI=1S/C19H18F4N2S.C9H9F4NS.CH4/c1-13-10-15(20)16(11-17(13)26-12-19(21,22)23)24-18-8-5-9-25(18)14-6-3-2-4-7-14;1-5-2-6(10)7(14)3-8(5)15-4-9(11,12)13;/h2-4,6-7,10-11H,5,8-9,12H2,1H3;2-3H,4,14H2,1H3;1H4. The van der Waals surface area contributed by atoms with Crippen LogP contribution < -0.4 is 10.6 Å². The first-order valence-corrected chi connectivity index (χ1v) is 14.2. The van der Waals surface area contributed by atoms with Gasteiger partial charge in [-0.05, 0) is 67.8 Å². The van der Waals surface area contributed by atoms with Gasteiger partial charge >= 0.3 is 12.4 Å². The summed E-state index contributed by atoms with van der Waals surface area (Å²) in [5, 5.41) is 0. The molecule has 4 rings (SSSR count). The normalized spacial score (nSPS) is 14.4. The third-order valence-corrected chi connectivity index (χ3v) is 8.18. The van der Waals surface area contributed by atoms with Crippen LogP contribution in [0.4, 0.5) is 52.2 Å². The Morgan fingerprint density at radius 3 is 1.88 bits per heavy atom. The predicted octanol–water partition coefficient (Wildman–Crippen LogP) is 10.1. The van der Waals surface area contributed by atoms with Gasteiger partial charge in [0.05, 0.1) is 17.2 Å². The van der Waals surface area contributed by atoms with Crippen LogP contribution in [-0.2, 0) is 0 Å². The third kappa shape index (κ3) is 10.7. The van der Waals surface area contributed by atoms with E-state index in [1.807, 2.05) is 35.2 Å². The van der Waals surface area contributed by atoms with Gasteiger partial charge in [-0.15, -0.1) is 23.5 Å². The number of thioether (sulfide) groups is 2. The van der Waals surface area contributed by atoms with Gasteiger partial charge < -0.3 is 10.6 Å². The average molecular weight is 638 g/mol. The van der Waals surface area contributed by atoms with Gasteiger partial charge in [0.25, 0.3) is 0 Å². The Morgan fingerprint density at radius 1 is 0.810 bits per heavy atom. The molecule has 0 radical (unpaired) electrons. The number of aryl methyl sites for hydroxylation is 2. The van der Waals surface area contributed by atoms with Crippen molar-refractivity contribution in [2.24, 2.45) is 4.99 Å². The largest absolute Gasteiger partial charge is 0.398 e. The molecule has 3 aromatic rings. The van der Waals surface area contributed by atoms with E-state index in [0.29, 0.717) is 50.9 Å². The molecule has 0 unspecified atom stereocenters. The van der Waals surface area contributed by atoms with E-state index in [1.165, 1.54) is 18.2 Å². The van der Waals surface area contributed by atoms with Crippen molar-refractivity contribution in [3.63, 3.8) is 0 Å². The number of rotatable bonds is 6. The van der Waals surface area contributed by atoms with Crippen molar-refractivity contribution >= 4 is 46.4 Å². The lowest BCUT2D eigenvalue weighted by Gasteiger charge is -2.19. The molecule has 13 heteroatoms. The number of halogens is 8. The number of para-hydroxylation sites is 1. The van der Waals surface area contributed by atoms with Crippen LogP contribution in [0.2, 0.25) is 0 Å². The maximum Gasteiger partial charge on any atom is 0.398 e. The van der Waals surface area contributed by atoms with E-state index in [4.69, 9.17) is 5.73 Å². The number of aliphatic imine (C=N–C) groups is 1. The summed E-state index contributed by atoms with van der Waals surface area (Å²) in [4.78, 5) is 7.20. The van der Waals surface area contributed by atoms with Crippen molar-refractivity contribution in [3.05, 3.63) is 77.4 Å². The minimum Gasteiger partial charge on any atom is -0.396 e. The van der Waals surface area contributed by atoms with Crippen LogP contribution in [-0.4, -0.2) is 36.2 Å². The van der Waals surface area contributed by atoms with Crippen molar-refractivity contribution < 1.29 is 35.1 Å². The molecule has 3 nitrogen and oxygen atoms in total. The zero-order valence-corrected chi connectivity index (χ0v) is 23.7. The van der Waals surface area contributed by atoms with Crippen LogP contribution in [0.15, 0.2) is 69.4 Å². The fourth-order valence-electron chi connectivity index (χ4n) is 3.83. The summed E-state index contributed by atoms with van der Waals surface area (Å²) in [7, 11) is 0. The number of nitrogen functional groups attached to an aromatic ring is 1. The van der Waals surface area contributed by atoms with E-state index in [9.17, 15) is 35.1 Å². The molecule has 0 aromatic heterocycles. The van der Waals surface area contributed by atoms with Gasteiger partial charge in [-0.2, -0.15) is 26.3 Å². The monoisotopic (exact) mass is 637 g/mol. The second-order valence-electron chi connectivity index (χ2n) is 9.13. The van der Waals surface area contributed by atoms with Crippen molar-refractivity contribution in [1.82, 2.24) is 0 Å². The fraction of sp³-hybridized carbons (Fsp3) is 0.345. The molecule has 0 saturated carbocycles. The Bertz CT molecular complexity index is 1360. The summed E-state index contributed by atoms with van der Waals surface area (Å²) >= 11 is 1.26. The van der Waals surface area contributed by atoms with Gasteiger partial charge in [-0.1, -0.05) is 25.6 Å². The smallest absolute Gasteiger partial charge is 0.396 e. The Labute approximate surface area is 248 Å². The second kappa shape index (κ2) is 15.0. The summed E-state index contributed by atoms with van der Waals surface area (Å²) in [6.07, 6.45) is -6.91. The zero-order valence-electron chi connectivity index (χ0n) is 22.0. The van der Waals surface area contributed by atoms with Gasteiger partial charge in [0.15, 0.2) is 0 Å². The van der Waals surface area contributed by atoms with Gasteiger partial charge in [-0.3, -0.25) is 0 Å². The van der Waals surface area contributed by atoms with E-state index in [-0.39, 0.29) is 18.8 Å². The van der Waals surface area contributed by atoms with Gasteiger partial charge in [-0.25, -0.2) is 13.8 Å². The van der Waals surface area contributed by atoms with Gasteiger partial charge in [0.1, 0.15) is 23.2 Å². The first-order valence-electron chi connectivity index (χ1n) is 12.3. The number of benzene rings is 3. The quantitative estimate of drug-likeness (QED) is 0.166. The second-order valence-corrected chi connectivity index (χ2v) is 11.2. The van der Waals surface area contributed by atoms with Crippen molar-refractivity contribution in [2.75, 3.05) is 28.7 Å². The molecule has 230 valence electrons. The molecule has 0 amide bonds. The van der Waals surface area contributed by atoms with E-state index >= 15 is 0 Å². The molecule has 1 saturated heterocycles. The summed E-state index contributed by atoms with van der Waals surface area (Å²) < 4.78 is 100. The molecule has 0 atom stereocenters. The van der Waals surface area contributed by atoms with Crippen LogP contribution in [0, 0.1) is 25.5 Å². The molecular weight excluding hydrogens is 606 g/mol. The van der Waals surface area contributed by atoms with E-state index in [1.54, 1.807) is 13.8 Å². The summed E-state index contributed by atoms with van der Waals surface area (Å²) in [5.41, 5.74) is 7.12. The maximum absolute atomic E-state index is 14.3. The lowest BCUT2D eigenvalue weighted by molar-refractivity contribution is -0.106. The molecule has 1 aliphatic rings. The fourth-order valence-corrected chi connectivity index (χ4v) is 5.44. The highest BCUT2D eigenvalue weighted by Crippen LogP contribution is 2.35. The molecule has 1 aliphatic heterocycles. The highest BCUT2D eigenvalue weighted by molar-refractivity contribution is 7.99. The molecule has 2 N–H and O–H groups in total. The Morgan fingerprint density at radius 2 is 1.33 bits per heavy atom. The maximum atomic E-state index is 14.3. The molecule has 0 spiro atoms. The first-order chi connectivity index (χ1) is 19.1. The van der Waals surface area contributed by atoms with Crippen LogP contribution in [0.5, 0.6) is 0 Å². The Hall–Kier alpha value is -2.93. The average Bonchev–Trinajstić information content (AvgIpc) is 3.34. The van der Waals surface area contributed by atoms with Crippen molar-refractivity contribution in [1.29, 1.82) is 0 Å². The number of nitrogens with two attached hydrogens (primary N) is 1. The number of amidine groups is 1. The predicted molar refractivity (Wildman–Crippen MR) is 157 cm³/mol. The molecular formula is C29H31F8N3S2. The number of hydrogen-bond acceptors (Lipinski definition) is 4. The lowest BCUT2D eigenvalue weighted by atomic mass is 10.2. The topological polar surface area (TPSA) is 41.6 Å². The summed E-state index contributed by atoms with van der Waals surface area (Å²) in [6.45, 7) is 3.93. The van der Waals surface area contributed by atoms with Crippen LogP contribution in [0.25, 0.3) is 0 Å². The number of alkyl halides is 6. The first kappa shape index (κ1) is 35.3. The minimum atomic E-state index is -4.27. The highest BCUT2D eigenvalue weighted by Gasteiger charge is 2.29. The summed E-state index contributed by atoms with van der Waals surface area (Å²) in [5.74, 6) is -2.41. The Balaban J connectivity index is 0.000000330. The van der Waals surface area contributed by atoms with Crippen LogP contribution >= 0.6 is 23.5 Å². The number of nitrogens with zero attached hydrogens (tertiary/aromatic N) is 2. The van der Waals surface area contributed by atoms with Gasteiger partial charge in [0.2, 0.25) is 0 Å². The van der Waals surface area contributed by atoms with Crippen LogP contribution in [0.1, 0.15) is 31.4 Å². The van der Waals surface area contributed by atoms with Crippen molar-refractivity contribution in [2.45, 2.75) is 56.3 Å². The number of anilines is 2. The van der Waals surface area contributed by atoms with E-state index < -0.39 is 35.5 Å². The van der Waals surface area contributed by atoms with E-state index in [0.717, 1.165) is 30.6 Å². The van der Waals surface area contributed by atoms with Crippen LogP contribution in [0.3, 0.4) is 0 Å². The highest BCUT2D eigenvalue weighted by atomic mass is 32.2. The van der Waals surface area contributed by atoms with Crippen molar-refractivity contribution in [3.8, 4) is 0 Å². The lowest BCUT2D eigenvalue weighted by Crippen LogP contribution is -2.23.